The van der Waals surface area contributed by atoms with Crippen LogP contribution in [0.2, 0.25) is 0 Å². The largest absolute Gasteiger partial charge is 0.309 e. The van der Waals surface area contributed by atoms with Gasteiger partial charge in [-0.3, -0.25) is 9.59 Å². The predicted octanol–water partition coefficient (Wildman–Crippen LogP) is 5.17. The molecule has 0 aliphatic rings. The van der Waals surface area contributed by atoms with Crippen LogP contribution in [0.5, 0.6) is 0 Å². The number of ketones is 2. The maximum atomic E-state index is 11.7. The van der Waals surface area contributed by atoms with Gasteiger partial charge in [0.2, 0.25) is 0 Å². The maximum Gasteiger partial charge on any atom is 0.198 e. The minimum atomic E-state index is -0.168. The molecule has 3 heteroatoms. The van der Waals surface area contributed by atoms with Gasteiger partial charge in [-0.2, -0.15) is 0 Å². The first-order valence-corrected chi connectivity index (χ1v) is 9.78. The number of carbonyl (C=O) groups excluding carboxylic acids is 2. The lowest BCUT2D eigenvalue weighted by atomic mass is 10.0. The number of unbranched alkanes of at least 4 members (excludes halogenated alkanes) is 10. The van der Waals surface area contributed by atoms with Crippen LogP contribution in [0.15, 0.2) is 0 Å². The van der Waals surface area contributed by atoms with Crippen LogP contribution in [0, 0.1) is 0 Å². The third-order valence-electron chi connectivity index (χ3n) is 4.33. The Hall–Kier alpha value is -0.700. The van der Waals surface area contributed by atoms with Crippen molar-refractivity contribution in [2.24, 2.45) is 0 Å². The van der Waals surface area contributed by atoms with Crippen molar-refractivity contribution in [3.63, 3.8) is 0 Å². The second-order valence-corrected chi connectivity index (χ2v) is 7.04. The molecule has 0 rings (SSSR count). The van der Waals surface area contributed by atoms with E-state index in [1.807, 2.05) is 19.0 Å². The Labute approximate surface area is 144 Å². The summed E-state index contributed by atoms with van der Waals surface area (Å²) in [7, 11) is 3.97. The van der Waals surface area contributed by atoms with Crippen LogP contribution in [-0.4, -0.2) is 37.1 Å². The van der Waals surface area contributed by atoms with E-state index in [-0.39, 0.29) is 11.6 Å². The first-order chi connectivity index (χ1) is 11.1. The SMILES string of the molecule is CCCCCCCCCCCCCC(=O)C(=O)CCCN(C)C. The Morgan fingerprint density at radius 3 is 1.43 bits per heavy atom. The fourth-order valence-corrected chi connectivity index (χ4v) is 2.78. The molecule has 0 atom stereocenters. The summed E-state index contributed by atoms with van der Waals surface area (Å²) in [5.74, 6) is -0.321. The first kappa shape index (κ1) is 22.3. The van der Waals surface area contributed by atoms with E-state index >= 15 is 0 Å². The van der Waals surface area contributed by atoms with Crippen LogP contribution in [0.3, 0.4) is 0 Å². The van der Waals surface area contributed by atoms with Crippen molar-refractivity contribution in [3.05, 3.63) is 0 Å². The Balaban J connectivity index is 3.33. The van der Waals surface area contributed by atoms with Gasteiger partial charge in [-0.05, 0) is 33.5 Å². The van der Waals surface area contributed by atoms with Gasteiger partial charge in [0.15, 0.2) is 11.6 Å². The zero-order chi connectivity index (χ0) is 17.3. The number of Topliss-reactive ketones (excluding diaryl/α,β-unsaturated/α-hetero) is 2. The predicted molar refractivity (Wildman–Crippen MR) is 98.9 cm³/mol. The Morgan fingerprint density at radius 1 is 0.609 bits per heavy atom. The molecule has 0 radical (unpaired) electrons. The highest BCUT2D eigenvalue weighted by atomic mass is 16.2. The second-order valence-electron chi connectivity index (χ2n) is 7.04. The fourth-order valence-electron chi connectivity index (χ4n) is 2.78. The molecule has 0 fully saturated rings. The van der Waals surface area contributed by atoms with Gasteiger partial charge in [-0.25, -0.2) is 0 Å². The molecule has 0 spiro atoms. The summed E-state index contributed by atoms with van der Waals surface area (Å²) < 4.78 is 0. The van der Waals surface area contributed by atoms with Crippen LogP contribution >= 0.6 is 0 Å². The molecule has 0 aromatic rings. The van der Waals surface area contributed by atoms with Gasteiger partial charge in [0.25, 0.3) is 0 Å². The van der Waals surface area contributed by atoms with E-state index in [1.54, 1.807) is 0 Å². The van der Waals surface area contributed by atoms with Gasteiger partial charge in [-0.15, -0.1) is 0 Å². The maximum absolute atomic E-state index is 11.7. The highest BCUT2D eigenvalue weighted by Gasteiger charge is 2.12. The smallest absolute Gasteiger partial charge is 0.198 e. The quantitative estimate of drug-likeness (QED) is 0.273. The number of hydrogen-bond acceptors (Lipinski definition) is 3. The molecule has 0 unspecified atom stereocenters. The van der Waals surface area contributed by atoms with Crippen molar-refractivity contribution in [3.8, 4) is 0 Å². The highest BCUT2D eigenvalue weighted by Crippen LogP contribution is 2.12. The molecular formula is C20H39NO2. The summed E-state index contributed by atoms with van der Waals surface area (Å²) in [5, 5.41) is 0. The lowest BCUT2D eigenvalue weighted by Gasteiger charge is -2.07. The highest BCUT2D eigenvalue weighted by molar-refractivity contribution is 6.37. The third-order valence-corrected chi connectivity index (χ3v) is 4.33. The first-order valence-electron chi connectivity index (χ1n) is 9.78. The summed E-state index contributed by atoms with van der Waals surface area (Å²) in [4.78, 5) is 25.4. The Bertz CT molecular complexity index is 300. The Kier molecular flexibility index (Phi) is 15.7. The summed E-state index contributed by atoms with van der Waals surface area (Å²) >= 11 is 0. The molecule has 3 nitrogen and oxygen atoms in total. The molecule has 0 heterocycles. The minimum Gasteiger partial charge on any atom is -0.309 e. The van der Waals surface area contributed by atoms with E-state index in [0.717, 1.165) is 25.8 Å². The molecule has 136 valence electrons. The van der Waals surface area contributed by atoms with Crippen LogP contribution in [-0.2, 0) is 9.59 Å². The van der Waals surface area contributed by atoms with Crippen molar-refractivity contribution in [2.75, 3.05) is 20.6 Å². The van der Waals surface area contributed by atoms with Gasteiger partial charge in [0, 0.05) is 12.8 Å². The van der Waals surface area contributed by atoms with Crippen molar-refractivity contribution >= 4 is 11.6 Å². The Morgan fingerprint density at radius 2 is 1.00 bits per heavy atom. The van der Waals surface area contributed by atoms with Crippen molar-refractivity contribution in [1.29, 1.82) is 0 Å². The van der Waals surface area contributed by atoms with E-state index in [9.17, 15) is 9.59 Å². The summed E-state index contributed by atoms with van der Waals surface area (Å²) in [5.41, 5.74) is 0. The molecule has 0 aliphatic heterocycles. The van der Waals surface area contributed by atoms with Gasteiger partial charge in [0.1, 0.15) is 0 Å². The average Bonchev–Trinajstić information content (AvgIpc) is 2.51. The number of hydrogen-bond donors (Lipinski definition) is 0. The molecule has 0 saturated carbocycles. The summed E-state index contributed by atoms with van der Waals surface area (Å²) in [6.45, 7) is 3.12. The van der Waals surface area contributed by atoms with Crippen molar-refractivity contribution in [1.82, 2.24) is 4.90 Å². The molecule has 0 bridgehead atoms. The van der Waals surface area contributed by atoms with Crippen molar-refractivity contribution in [2.45, 2.75) is 96.8 Å². The van der Waals surface area contributed by atoms with E-state index < -0.39 is 0 Å². The van der Waals surface area contributed by atoms with Crippen molar-refractivity contribution < 1.29 is 9.59 Å². The van der Waals surface area contributed by atoms with Crippen LogP contribution < -0.4 is 0 Å². The van der Waals surface area contributed by atoms with Gasteiger partial charge in [-0.1, -0.05) is 71.1 Å². The van der Waals surface area contributed by atoms with E-state index in [4.69, 9.17) is 0 Å². The standard InChI is InChI=1S/C20H39NO2/c1-4-5-6-7-8-9-10-11-12-13-14-16-19(22)20(23)17-15-18-21(2)3/h4-18H2,1-3H3. The number of carbonyl (C=O) groups is 2. The molecule has 0 aliphatic carbocycles. The second kappa shape index (κ2) is 16.2. The van der Waals surface area contributed by atoms with Gasteiger partial charge >= 0.3 is 0 Å². The van der Waals surface area contributed by atoms with Crippen LogP contribution in [0.25, 0.3) is 0 Å². The molecule has 0 amide bonds. The average molecular weight is 326 g/mol. The molecule has 0 aromatic heterocycles. The third kappa shape index (κ3) is 16.0. The zero-order valence-corrected chi connectivity index (χ0v) is 15.9. The fraction of sp³-hybridized carbons (Fsp3) is 0.900. The van der Waals surface area contributed by atoms with Crippen LogP contribution in [0.4, 0.5) is 0 Å². The van der Waals surface area contributed by atoms with E-state index in [2.05, 4.69) is 6.92 Å². The summed E-state index contributed by atoms with van der Waals surface area (Å²) in [6.07, 6.45) is 15.6. The lowest BCUT2D eigenvalue weighted by Crippen LogP contribution is -2.18. The zero-order valence-electron chi connectivity index (χ0n) is 15.9. The number of rotatable bonds is 17. The normalized spacial score (nSPS) is 11.1. The van der Waals surface area contributed by atoms with E-state index in [0.29, 0.717) is 12.8 Å². The minimum absolute atomic E-state index is 0.153. The van der Waals surface area contributed by atoms with Crippen LogP contribution in [0.1, 0.15) is 96.8 Å². The van der Waals surface area contributed by atoms with E-state index in [1.165, 1.54) is 57.8 Å². The molecule has 23 heavy (non-hydrogen) atoms. The molecular weight excluding hydrogens is 286 g/mol. The molecule has 0 saturated heterocycles. The molecule has 0 aromatic carbocycles. The van der Waals surface area contributed by atoms with Gasteiger partial charge in [0.05, 0.1) is 0 Å². The molecule has 0 N–H and O–H groups in total. The topological polar surface area (TPSA) is 37.4 Å². The lowest BCUT2D eigenvalue weighted by molar-refractivity contribution is -0.136. The number of nitrogens with zero attached hydrogens (tertiary/aromatic N) is 1. The summed E-state index contributed by atoms with van der Waals surface area (Å²) in [6, 6.07) is 0. The monoisotopic (exact) mass is 325 g/mol. The van der Waals surface area contributed by atoms with Gasteiger partial charge < -0.3 is 4.90 Å².